The Labute approximate surface area is 187 Å². The molecular formula is C22H27N5O4S. The Bertz CT molecular complexity index is 1270. The Morgan fingerprint density at radius 1 is 1.03 bits per heavy atom. The number of para-hydroxylation sites is 1. The summed E-state index contributed by atoms with van der Waals surface area (Å²) in [7, 11) is -0.999. The highest BCUT2D eigenvalue weighted by molar-refractivity contribution is 7.90. The minimum Gasteiger partial charge on any atom is -0.493 e. The zero-order chi connectivity index (χ0) is 23.3. The topological polar surface area (TPSA) is 134 Å². The SMILES string of the molecule is CCCC/C(=N\N=C(N)N)c1cn(S(=O)(=O)c2ccc(OC)c(OC)c2)c2ccccc12. The van der Waals surface area contributed by atoms with E-state index in [2.05, 4.69) is 17.1 Å². The Morgan fingerprint density at radius 3 is 2.41 bits per heavy atom. The third-order valence-electron chi connectivity index (χ3n) is 4.95. The van der Waals surface area contributed by atoms with Gasteiger partial charge in [-0.2, -0.15) is 5.10 Å². The lowest BCUT2D eigenvalue weighted by atomic mass is 10.0. The molecule has 0 fully saturated rings. The minimum absolute atomic E-state index is 0.0683. The van der Waals surface area contributed by atoms with Gasteiger partial charge in [0.05, 0.1) is 30.3 Å². The molecule has 170 valence electrons. The van der Waals surface area contributed by atoms with Gasteiger partial charge in [-0.15, -0.1) is 5.10 Å². The lowest BCUT2D eigenvalue weighted by Gasteiger charge is -2.11. The van der Waals surface area contributed by atoms with Crippen LogP contribution in [0, 0.1) is 0 Å². The number of methoxy groups -OCH3 is 2. The molecule has 0 bridgehead atoms. The van der Waals surface area contributed by atoms with E-state index in [9.17, 15) is 8.42 Å². The molecule has 2 aromatic carbocycles. The number of aromatic nitrogens is 1. The summed E-state index contributed by atoms with van der Waals surface area (Å²) < 4.78 is 38.9. The number of benzene rings is 2. The second-order valence-electron chi connectivity index (χ2n) is 7.05. The van der Waals surface area contributed by atoms with Crippen molar-refractivity contribution >= 4 is 32.6 Å². The summed E-state index contributed by atoms with van der Waals surface area (Å²) in [5.74, 6) is 0.597. The number of unbranched alkanes of at least 4 members (excludes halogenated alkanes) is 1. The molecule has 0 spiro atoms. The first-order valence-corrected chi connectivity index (χ1v) is 11.5. The van der Waals surface area contributed by atoms with Crippen molar-refractivity contribution in [3.63, 3.8) is 0 Å². The predicted octanol–water partition coefficient (Wildman–Crippen LogP) is 3.06. The zero-order valence-corrected chi connectivity index (χ0v) is 19.1. The van der Waals surface area contributed by atoms with Crippen LogP contribution in [0.15, 0.2) is 63.8 Å². The van der Waals surface area contributed by atoms with Crippen LogP contribution in [-0.2, 0) is 10.0 Å². The maximum atomic E-state index is 13.6. The van der Waals surface area contributed by atoms with E-state index in [0.29, 0.717) is 34.7 Å². The van der Waals surface area contributed by atoms with Crippen molar-refractivity contribution in [1.82, 2.24) is 3.97 Å². The van der Waals surface area contributed by atoms with E-state index in [1.165, 1.54) is 30.3 Å². The van der Waals surface area contributed by atoms with Crippen LogP contribution in [0.25, 0.3) is 10.9 Å². The van der Waals surface area contributed by atoms with Crippen molar-refractivity contribution in [2.24, 2.45) is 21.7 Å². The number of hydrogen-bond acceptors (Lipinski definition) is 6. The molecule has 1 aromatic heterocycles. The molecule has 0 unspecified atom stereocenters. The maximum absolute atomic E-state index is 13.6. The van der Waals surface area contributed by atoms with Crippen LogP contribution < -0.4 is 20.9 Å². The first-order valence-electron chi connectivity index (χ1n) is 10.1. The average molecular weight is 458 g/mol. The quantitative estimate of drug-likeness (QED) is 0.288. The van der Waals surface area contributed by atoms with Crippen LogP contribution in [-0.4, -0.2) is 38.3 Å². The smallest absolute Gasteiger partial charge is 0.268 e. The van der Waals surface area contributed by atoms with Crippen LogP contribution in [0.4, 0.5) is 0 Å². The third kappa shape index (κ3) is 4.54. The van der Waals surface area contributed by atoms with E-state index in [0.717, 1.165) is 18.2 Å². The van der Waals surface area contributed by atoms with Crippen LogP contribution in [0.5, 0.6) is 11.5 Å². The predicted molar refractivity (Wildman–Crippen MR) is 126 cm³/mol. The fourth-order valence-corrected chi connectivity index (χ4v) is 4.76. The van der Waals surface area contributed by atoms with E-state index in [1.54, 1.807) is 24.4 Å². The molecule has 0 aliphatic heterocycles. The summed E-state index contributed by atoms with van der Waals surface area (Å²) in [5, 5.41) is 8.75. The summed E-state index contributed by atoms with van der Waals surface area (Å²) in [5.41, 5.74) is 12.7. The summed E-state index contributed by atoms with van der Waals surface area (Å²) >= 11 is 0. The number of ether oxygens (including phenoxy) is 2. The average Bonchev–Trinajstić information content (AvgIpc) is 3.19. The number of hydrogen-bond donors (Lipinski definition) is 2. The summed E-state index contributed by atoms with van der Waals surface area (Å²) in [6.45, 7) is 2.06. The number of guanidine groups is 1. The maximum Gasteiger partial charge on any atom is 0.268 e. The van der Waals surface area contributed by atoms with Crippen molar-refractivity contribution in [3.05, 3.63) is 54.2 Å². The number of nitrogens with zero attached hydrogens (tertiary/aromatic N) is 3. The molecule has 0 aliphatic carbocycles. The van der Waals surface area contributed by atoms with Crippen molar-refractivity contribution in [2.45, 2.75) is 31.1 Å². The van der Waals surface area contributed by atoms with E-state index >= 15 is 0 Å². The fraction of sp³-hybridized carbons (Fsp3) is 0.273. The Kier molecular flexibility index (Phi) is 7.04. The van der Waals surface area contributed by atoms with E-state index in [4.69, 9.17) is 20.9 Å². The van der Waals surface area contributed by atoms with Gasteiger partial charge in [-0.25, -0.2) is 12.4 Å². The lowest BCUT2D eigenvalue weighted by Crippen LogP contribution is -2.22. The normalized spacial score (nSPS) is 12.0. The summed E-state index contributed by atoms with van der Waals surface area (Å²) in [6, 6.07) is 11.7. The minimum atomic E-state index is -3.95. The van der Waals surface area contributed by atoms with Gasteiger partial charge < -0.3 is 20.9 Å². The molecule has 10 heteroatoms. The first-order chi connectivity index (χ1) is 15.3. The van der Waals surface area contributed by atoms with Gasteiger partial charge in [0.1, 0.15) is 0 Å². The van der Waals surface area contributed by atoms with Gasteiger partial charge in [0.25, 0.3) is 10.0 Å². The van der Waals surface area contributed by atoms with Crippen molar-refractivity contribution < 1.29 is 17.9 Å². The van der Waals surface area contributed by atoms with Gasteiger partial charge in [0, 0.05) is 23.2 Å². The van der Waals surface area contributed by atoms with Crippen LogP contribution in [0.1, 0.15) is 31.7 Å². The second kappa shape index (κ2) is 9.73. The molecule has 1 heterocycles. The molecular weight excluding hydrogens is 430 g/mol. The molecule has 9 nitrogen and oxygen atoms in total. The fourth-order valence-electron chi connectivity index (χ4n) is 3.37. The molecule has 0 aliphatic rings. The highest BCUT2D eigenvalue weighted by Gasteiger charge is 2.24. The summed E-state index contributed by atoms with van der Waals surface area (Å²) in [6.07, 6.45) is 3.94. The van der Waals surface area contributed by atoms with Crippen LogP contribution in [0.2, 0.25) is 0 Å². The van der Waals surface area contributed by atoms with Crippen molar-refractivity contribution in [3.8, 4) is 11.5 Å². The Hall–Kier alpha value is -3.53. The van der Waals surface area contributed by atoms with Gasteiger partial charge in [0.15, 0.2) is 11.5 Å². The van der Waals surface area contributed by atoms with E-state index in [1.807, 2.05) is 12.1 Å². The second-order valence-corrected chi connectivity index (χ2v) is 8.87. The van der Waals surface area contributed by atoms with E-state index < -0.39 is 10.0 Å². The van der Waals surface area contributed by atoms with Gasteiger partial charge in [0.2, 0.25) is 5.96 Å². The standard InChI is InChI=1S/C22H27N5O4S/c1-4-5-9-18(25-26-22(23)24)17-14-27(19-10-7-6-8-16(17)19)32(28,29)15-11-12-20(30-2)21(13-15)31-3/h6-8,10-14H,4-5,9H2,1-3H3,(H4,23,24,26)/b25-18+. The number of rotatable bonds is 9. The summed E-state index contributed by atoms with van der Waals surface area (Å²) in [4.78, 5) is 0.0683. The Morgan fingerprint density at radius 2 is 1.75 bits per heavy atom. The Balaban J connectivity index is 2.22. The number of nitrogens with two attached hydrogens (primary N) is 2. The lowest BCUT2D eigenvalue weighted by molar-refractivity contribution is 0.354. The molecule has 32 heavy (non-hydrogen) atoms. The van der Waals surface area contributed by atoms with Gasteiger partial charge in [-0.3, -0.25) is 0 Å². The van der Waals surface area contributed by atoms with Crippen LogP contribution in [0.3, 0.4) is 0 Å². The molecule has 0 amide bonds. The van der Waals surface area contributed by atoms with Gasteiger partial charge in [-0.1, -0.05) is 31.5 Å². The van der Waals surface area contributed by atoms with Crippen molar-refractivity contribution in [1.29, 1.82) is 0 Å². The molecule has 0 atom stereocenters. The van der Waals surface area contributed by atoms with Gasteiger partial charge in [-0.05, 0) is 31.0 Å². The highest BCUT2D eigenvalue weighted by atomic mass is 32.2. The van der Waals surface area contributed by atoms with E-state index in [-0.39, 0.29) is 10.9 Å². The van der Waals surface area contributed by atoms with Gasteiger partial charge >= 0.3 is 0 Å². The number of fused-ring (bicyclic) bond motifs is 1. The molecule has 0 saturated heterocycles. The monoisotopic (exact) mass is 457 g/mol. The molecule has 0 saturated carbocycles. The van der Waals surface area contributed by atoms with Crippen LogP contribution >= 0.6 is 0 Å². The molecule has 3 aromatic rings. The third-order valence-corrected chi connectivity index (χ3v) is 6.62. The molecule has 4 N–H and O–H groups in total. The largest absolute Gasteiger partial charge is 0.493 e. The highest BCUT2D eigenvalue weighted by Crippen LogP contribution is 2.32. The zero-order valence-electron chi connectivity index (χ0n) is 18.3. The first kappa shape index (κ1) is 23.1. The molecule has 0 radical (unpaired) electrons. The molecule has 3 rings (SSSR count). The van der Waals surface area contributed by atoms with Crippen molar-refractivity contribution in [2.75, 3.05) is 14.2 Å².